The number of fused-ring (bicyclic) bond motifs is 1. The second kappa shape index (κ2) is 6.09. The van der Waals surface area contributed by atoms with Crippen LogP contribution in [0.2, 0.25) is 0 Å². The van der Waals surface area contributed by atoms with Gasteiger partial charge in [-0.25, -0.2) is 4.98 Å². The van der Waals surface area contributed by atoms with Gasteiger partial charge >= 0.3 is 0 Å². The summed E-state index contributed by atoms with van der Waals surface area (Å²) in [5.41, 5.74) is 2.61. The lowest BCUT2D eigenvalue weighted by Gasteiger charge is -2.26. The van der Waals surface area contributed by atoms with Crippen molar-refractivity contribution in [3.8, 4) is 0 Å². The van der Waals surface area contributed by atoms with E-state index in [0.717, 1.165) is 19.3 Å². The molecule has 0 aliphatic heterocycles. The molecule has 3 rings (SSSR count). The molecule has 5 nitrogen and oxygen atoms in total. The molecule has 20 heavy (non-hydrogen) atoms. The normalized spacial score (nSPS) is 17.5. The molecule has 1 heterocycles. The Kier molecular flexibility index (Phi) is 4.01. The maximum atomic E-state index is 12.0. The molecule has 2 N–H and O–H groups in total. The van der Waals surface area contributed by atoms with Crippen LogP contribution in [-0.4, -0.2) is 26.8 Å². The molecule has 1 atom stereocenters. The molecule has 1 aliphatic rings. The molecule has 1 aliphatic carbocycles. The van der Waals surface area contributed by atoms with Crippen LogP contribution >= 0.6 is 11.8 Å². The van der Waals surface area contributed by atoms with Crippen molar-refractivity contribution < 1.29 is 4.79 Å². The Balaban J connectivity index is 1.59. The van der Waals surface area contributed by atoms with Crippen LogP contribution in [0.4, 0.5) is 0 Å². The van der Waals surface area contributed by atoms with Crippen LogP contribution in [0.5, 0.6) is 0 Å². The summed E-state index contributed by atoms with van der Waals surface area (Å²) in [4.78, 5) is 16.0. The molecule has 0 saturated carbocycles. The third kappa shape index (κ3) is 3.01. The van der Waals surface area contributed by atoms with Crippen molar-refractivity contribution in [2.45, 2.75) is 30.5 Å². The van der Waals surface area contributed by atoms with E-state index < -0.39 is 0 Å². The molecule has 1 aromatic carbocycles. The molecule has 2 aromatic rings. The van der Waals surface area contributed by atoms with Gasteiger partial charge in [0.2, 0.25) is 5.91 Å². The fraction of sp³-hybridized carbons (Fsp3) is 0.357. The highest BCUT2D eigenvalue weighted by atomic mass is 32.2. The number of aromatic nitrogens is 3. The van der Waals surface area contributed by atoms with Gasteiger partial charge in [0.25, 0.3) is 0 Å². The first-order valence-electron chi connectivity index (χ1n) is 6.68. The fourth-order valence-electron chi connectivity index (χ4n) is 2.54. The predicted molar refractivity (Wildman–Crippen MR) is 77.4 cm³/mol. The number of rotatable bonds is 4. The van der Waals surface area contributed by atoms with E-state index in [9.17, 15) is 4.79 Å². The summed E-state index contributed by atoms with van der Waals surface area (Å²) < 4.78 is 0. The van der Waals surface area contributed by atoms with Gasteiger partial charge in [0, 0.05) is 0 Å². The zero-order valence-corrected chi connectivity index (χ0v) is 11.8. The molecule has 0 bridgehead atoms. The minimum atomic E-state index is 0.0353. The van der Waals surface area contributed by atoms with Crippen molar-refractivity contribution in [3.05, 3.63) is 41.7 Å². The number of carbonyl (C=O) groups is 1. The van der Waals surface area contributed by atoms with E-state index in [1.54, 1.807) is 0 Å². The lowest BCUT2D eigenvalue weighted by Crippen LogP contribution is -2.32. The Bertz CT molecular complexity index is 585. The average molecular weight is 288 g/mol. The summed E-state index contributed by atoms with van der Waals surface area (Å²) in [6.07, 6.45) is 4.68. The van der Waals surface area contributed by atoms with E-state index in [-0.39, 0.29) is 11.9 Å². The number of hydrogen-bond acceptors (Lipinski definition) is 4. The lowest BCUT2D eigenvalue weighted by molar-refractivity contribution is -0.119. The number of H-pyrrole nitrogens is 1. The molecule has 6 heteroatoms. The van der Waals surface area contributed by atoms with Gasteiger partial charge in [0.15, 0.2) is 5.16 Å². The Morgan fingerprint density at radius 3 is 3.20 bits per heavy atom. The van der Waals surface area contributed by atoms with Gasteiger partial charge in [0.1, 0.15) is 6.33 Å². The molecule has 0 radical (unpaired) electrons. The van der Waals surface area contributed by atoms with E-state index >= 15 is 0 Å². The van der Waals surface area contributed by atoms with Gasteiger partial charge in [-0.2, -0.15) is 5.10 Å². The van der Waals surface area contributed by atoms with Crippen LogP contribution in [0.3, 0.4) is 0 Å². The van der Waals surface area contributed by atoms with Crippen molar-refractivity contribution in [3.63, 3.8) is 0 Å². The van der Waals surface area contributed by atoms with Gasteiger partial charge < -0.3 is 5.32 Å². The van der Waals surface area contributed by atoms with Gasteiger partial charge in [-0.15, -0.1) is 0 Å². The number of thioether (sulfide) groups is 1. The number of nitrogens with one attached hydrogen (secondary N) is 2. The molecule has 104 valence electrons. The van der Waals surface area contributed by atoms with E-state index in [2.05, 4.69) is 38.7 Å². The summed E-state index contributed by atoms with van der Waals surface area (Å²) in [6.45, 7) is 0. The Hall–Kier alpha value is -1.82. The van der Waals surface area contributed by atoms with E-state index in [1.165, 1.54) is 29.2 Å². The number of nitrogens with zero attached hydrogens (tertiary/aromatic N) is 2. The summed E-state index contributed by atoms with van der Waals surface area (Å²) in [5, 5.41) is 10.3. The third-order valence-electron chi connectivity index (χ3n) is 3.44. The smallest absolute Gasteiger partial charge is 0.230 e. The third-order valence-corrected chi connectivity index (χ3v) is 4.31. The summed E-state index contributed by atoms with van der Waals surface area (Å²) in [6, 6.07) is 8.50. The number of amides is 1. The monoisotopic (exact) mass is 288 g/mol. The van der Waals surface area contributed by atoms with E-state index in [4.69, 9.17) is 0 Å². The topological polar surface area (TPSA) is 70.7 Å². The Morgan fingerprint density at radius 2 is 2.35 bits per heavy atom. The highest BCUT2D eigenvalue weighted by molar-refractivity contribution is 7.99. The molecule has 0 unspecified atom stereocenters. The first kappa shape index (κ1) is 13.2. The van der Waals surface area contributed by atoms with Gasteiger partial charge in [0.05, 0.1) is 11.8 Å². The molecule has 1 amide bonds. The largest absolute Gasteiger partial charge is 0.349 e. The number of hydrogen-bond donors (Lipinski definition) is 2. The van der Waals surface area contributed by atoms with Gasteiger partial charge in [-0.3, -0.25) is 9.89 Å². The molecule has 0 fully saturated rings. The second-order valence-electron chi connectivity index (χ2n) is 4.79. The molecule has 1 aromatic heterocycles. The first-order valence-corrected chi connectivity index (χ1v) is 7.67. The number of aryl methyl sites for hydroxylation is 1. The number of carbonyl (C=O) groups excluding carboxylic acids is 1. The van der Waals surface area contributed by atoms with Crippen molar-refractivity contribution in [2.24, 2.45) is 0 Å². The SMILES string of the molecule is O=C(CSc1ncn[nH]1)N[C@H]1CCCc2ccccc21. The second-order valence-corrected chi connectivity index (χ2v) is 5.75. The predicted octanol–water partition coefficient (Wildman–Crippen LogP) is 2.09. The van der Waals surface area contributed by atoms with Crippen molar-refractivity contribution in [1.82, 2.24) is 20.5 Å². The van der Waals surface area contributed by atoms with E-state index in [0.29, 0.717) is 10.9 Å². The van der Waals surface area contributed by atoms with Crippen molar-refractivity contribution >= 4 is 17.7 Å². The summed E-state index contributed by atoms with van der Waals surface area (Å²) in [5.74, 6) is 0.390. The zero-order valence-electron chi connectivity index (χ0n) is 11.0. The Morgan fingerprint density at radius 1 is 1.45 bits per heavy atom. The van der Waals surface area contributed by atoms with Crippen LogP contribution in [0, 0.1) is 0 Å². The van der Waals surface area contributed by atoms with Crippen LogP contribution < -0.4 is 5.32 Å². The zero-order chi connectivity index (χ0) is 13.8. The molecular weight excluding hydrogens is 272 g/mol. The van der Waals surface area contributed by atoms with Crippen LogP contribution in [0.1, 0.15) is 30.0 Å². The number of aromatic amines is 1. The van der Waals surface area contributed by atoms with Crippen LogP contribution in [0.25, 0.3) is 0 Å². The van der Waals surface area contributed by atoms with Crippen molar-refractivity contribution in [2.75, 3.05) is 5.75 Å². The fourth-order valence-corrected chi connectivity index (χ4v) is 3.13. The first-order chi connectivity index (χ1) is 9.83. The van der Waals surface area contributed by atoms with E-state index in [1.807, 2.05) is 6.07 Å². The quantitative estimate of drug-likeness (QED) is 0.845. The van der Waals surface area contributed by atoms with Gasteiger partial charge in [-0.1, -0.05) is 36.0 Å². The summed E-state index contributed by atoms with van der Waals surface area (Å²) in [7, 11) is 0. The maximum absolute atomic E-state index is 12.0. The standard InChI is InChI=1S/C14H16N4OS/c19-13(8-20-14-15-9-16-18-14)17-12-7-3-5-10-4-1-2-6-11(10)12/h1-2,4,6,9,12H,3,5,7-8H2,(H,17,19)(H,15,16,18)/t12-/m0/s1. The molecule has 0 saturated heterocycles. The number of benzene rings is 1. The van der Waals surface area contributed by atoms with Crippen LogP contribution in [0.15, 0.2) is 35.7 Å². The lowest BCUT2D eigenvalue weighted by atomic mass is 9.88. The highest BCUT2D eigenvalue weighted by Gasteiger charge is 2.21. The maximum Gasteiger partial charge on any atom is 0.230 e. The molecular formula is C14H16N4OS. The minimum absolute atomic E-state index is 0.0353. The van der Waals surface area contributed by atoms with Gasteiger partial charge in [-0.05, 0) is 30.4 Å². The van der Waals surface area contributed by atoms with Crippen LogP contribution in [-0.2, 0) is 11.2 Å². The Labute approximate surface area is 121 Å². The highest BCUT2D eigenvalue weighted by Crippen LogP contribution is 2.29. The average Bonchev–Trinajstić information content (AvgIpc) is 2.99. The summed E-state index contributed by atoms with van der Waals surface area (Å²) >= 11 is 1.36. The molecule has 0 spiro atoms. The minimum Gasteiger partial charge on any atom is -0.349 e. The van der Waals surface area contributed by atoms with Crippen molar-refractivity contribution in [1.29, 1.82) is 0 Å².